The fourth-order valence-corrected chi connectivity index (χ4v) is 3.64. The molecule has 3 rings (SSSR count). The van der Waals surface area contributed by atoms with Crippen LogP contribution in [-0.2, 0) is 21.5 Å². The van der Waals surface area contributed by atoms with Gasteiger partial charge in [0.15, 0.2) is 0 Å². The van der Waals surface area contributed by atoms with Gasteiger partial charge in [0.05, 0.1) is 18.7 Å². The Morgan fingerprint density at radius 2 is 1.92 bits per heavy atom. The van der Waals surface area contributed by atoms with Crippen LogP contribution < -0.4 is 0 Å². The maximum absolute atomic E-state index is 12.4. The van der Waals surface area contributed by atoms with Crippen LogP contribution in [0.2, 0.25) is 0 Å². The number of nitrogens with one attached hydrogen (secondary N) is 1. The molecular weight excluding hydrogens is 318 g/mol. The Morgan fingerprint density at radius 1 is 1.24 bits per heavy atom. The zero-order valence-corrected chi connectivity index (χ0v) is 14.6. The van der Waals surface area contributed by atoms with Crippen molar-refractivity contribution in [3.05, 3.63) is 53.3 Å². The van der Waals surface area contributed by atoms with E-state index in [4.69, 9.17) is 4.74 Å². The summed E-state index contributed by atoms with van der Waals surface area (Å²) in [6, 6.07) is 10.0. The molecule has 1 aromatic carbocycles. The van der Waals surface area contributed by atoms with Crippen molar-refractivity contribution in [1.82, 2.24) is 15.1 Å². The number of hydrogen-bond donors (Lipinski definition) is 1. The fraction of sp³-hybridized carbons (Fsp3) is 0.421. The number of nitrogens with zero attached hydrogens (tertiary/aromatic N) is 2. The Hall–Kier alpha value is -2.47. The van der Waals surface area contributed by atoms with E-state index >= 15 is 0 Å². The predicted molar refractivity (Wildman–Crippen MR) is 93.2 cm³/mol. The van der Waals surface area contributed by atoms with Crippen molar-refractivity contribution in [2.75, 3.05) is 20.2 Å². The summed E-state index contributed by atoms with van der Waals surface area (Å²) in [7, 11) is 1.36. The Labute approximate surface area is 147 Å². The molecule has 0 atom stereocenters. The molecule has 1 fully saturated rings. The van der Waals surface area contributed by atoms with Crippen LogP contribution in [0.4, 0.5) is 0 Å². The lowest BCUT2D eigenvalue weighted by Crippen LogP contribution is -2.46. The van der Waals surface area contributed by atoms with Crippen LogP contribution >= 0.6 is 0 Å². The Kier molecular flexibility index (Phi) is 4.99. The lowest BCUT2D eigenvalue weighted by Gasteiger charge is -2.40. The van der Waals surface area contributed by atoms with Gasteiger partial charge in [0.25, 0.3) is 0 Å². The van der Waals surface area contributed by atoms with Gasteiger partial charge in [0, 0.05) is 12.1 Å². The van der Waals surface area contributed by atoms with Gasteiger partial charge in [0.2, 0.25) is 0 Å². The summed E-state index contributed by atoms with van der Waals surface area (Å²) in [4.78, 5) is 26.4. The standard InChI is InChI=1S/C19H23N3O3/c1-14(23)19(16-6-4-3-5-7-16)8-10-22(11-9-19)13-15-12-20-21-17(15)18(24)25-2/h3-7,12H,8-11,13H2,1-2H3,(H,20,21). The first-order chi connectivity index (χ1) is 12.1. The molecule has 1 aromatic heterocycles. The number of likely N-dealkylation sites (tertiary alicyclic amines) is 1. The maximum Gasteiger partial charge on any atom is 0.356 e. The summed E-state index contributed by atoms with van der Waals surface area (Å²) >= 11 is 0. The van der Waals surface area contributed by atoms with E-state index in [9.17, 15) is 9.59 Å². The number of rotatable bonds is 5. The monoisotopic (exact) mass is 341 g/mol. The van der Waals surface area contributed by atoms with Crippen LogP contribution in [0.25, 0.3) is 0 Å². The summed E-state index contributed by atoms with van der Waals surface area (Å²) in [5.41, 5.74) is 1.91. The number of ketones is 1. The number of carbonyl (C=O) groups excluding carboxylic acids is 2. The summed E-state index contributed by atoms with van der Waals surface area (Å²) < 4.78 is 4.77. The maximum atomic E-state index is 12.4. The summed E-state index contributed by atoms with van der Waals surface area (Å²) in [6.45, 7) is 3.89. The largest absolute Gasteiger partial charge is 0.464 e. The van der Waals surface area contributed by atoms with E-state index in [1.807, 2.05) is 30.3 Å². The lowest BCUT2D eigenvalue weighted by molar-refractivity contribution is -0.124. The van der Waals surface area contributed by atoms with Crippen LogP contribution in [0.3, 0.4) is 0 Å². The van der Waals surface area contributed by atoms with Crippen molar-refractivity contribution >= 4 is 11.8 Å². The van der Waals surface area contributed by atoms with Gasteiger partial charge in [-0.3, -0.25) is 14.8 Å². The van der Waals surface area contributed by atoms with E-state index in [1.165, 1.54) is 7.11 Å². The first-order valence-corrected chi connectivity index (χ1v) is 8.46. The SMILES string of the molecule is COC(=O)c1[nH]ncc1CN1CCC(C(C)=O)(c2ccccc2)CC1. The van der Waals surface area contributed by atoms with Gasteiger partial charge in [-0.1, -0.05) is 30.3 Å². The van der Waals surface area contributed by atoms with Crippen LogP contribution in [0.5, 0.6) is 0 Å². The van der Waals surface area contributed by atoms with Crippen molar-refractivity contribution in [2.45, 2.75) is 31.7 Å². The van der Waals surface area contributed by atoms with Crippen molar-refractivity contribution in [1.29, 1.82) is 0 Å². The molecule has 25 heavy (non-hydrogen) atoms. The van der Waals surface area contributed by atoms with E-state index in [1.54, 1.807) is 13.1 Å². The molecule has 132 valence electrons. The molecule has 0 saturated carbocycles. The number of aromatic amines is 1. The molecule has 0 amide bonds. The van der Waals surface area contributed by atoms with Crippen LogP contribution in [0.1, 0.15) is 41.4 Å². The molecule has 6 heteroatoms. The van der Waals surface area contributed by atoms with E-state index in [-0.39, 0.29) is 5.78 Å². The normalized spacial score (nSPS) is 17.2. The highest BCUT2D eigenvalue weighted by Gasteiger charge is 2.40. The van der Waals surface area contributed by atoms with Gasteiger partial charge in [-0.05, 0) is 38.4 Å². The fourth-order valence-electron chi connectivity index (χ4n) is 3.64. The van der Waals surface area contributed by atoms with Gasteiger partial charge in [0.1, 0.15) is 11.5 Å². The van der Waals surface area contributed by atoms with E-state index in [0.717, 1.165) is 37.1 Å². The smallest absolute Gasteiger partial charge is 0.356 e. The molecule has 2 aromatic rings. The first kappa shape index (κ1) is 17.4. The topological polar surface area (TPSA) is 75.3 Å². The molecule has 0 radical (unpaired) electrons. The quantitative estimate of drug-likeness (QED) is 0.845. The molecule has 1 saturated heterocycles. The van der Waals surface area contributed by atoms with Crippen LogP contribution in [0, 0.1) is 0 Å². The molecule has 0 aliphatic carbocycles. The average molecular weight is 341 g/mol. The molecule has 1 N–H and O–H groups in total. The molecule has 1 aliphatic heterocycles. The number of H-pyrrole nitrogens is 1. The van der Waals surface area contributed by atoms with Gasteiger partial charge >= 0.3 is 5.97 Å². The number of Topliss-reactive ketones (excluding diaryl/α,β-unsaturated/α-hetero) is 1. The zero-order chi connectivity index (χ0) is 17.9. The predicted octanol–water partition coefficient (Wildman–Crippen LogP) is 2.32. The van der Waals surface area contributed by atoms with Crippen LogP contribution in [-0.4, -0.2) is 47.0 Å². The zero-order valence-electron chi connectivity index (χ0n) is 14.6. The first-order valence-electron chi connectivity index (χ1n) is 8.46. The molecule has 6 nitrogen and oxygen atoms in total. The molecular formula is C19H23N3O3. The van der Waals surface area contributed by atoms with E-state index < -0.39 is 11.4 Å². The number of methoxy groups -OCH3 is 1. The van der Waals surface area contributed by atoms with Crippen molar-refractivity contribution in [2.24, 2.45) is 0 Å². The van der Waals surface area contributed by atoms with Crippen molar-refractivity contribution in [3.8, 4) is 0 Å². The van der Waals surface area contributed by atoms with Gasteiger partial charge in [-0.15, -0.1) is 0 Å². The van der Waals surface area contributed by atoms with E-state index in [0.29, 0.717) is 12.2 Å². The second-order valence-corrected chi connectivity index (χ2v) is 6.54. The third-order valence-corrected chi connectivity index (χ3v) is 5.21. The minimum Gasteiger partial charge on any atom is -0.464 e. The average Bonchev–Trinajstić information content (AvgIpc) is 3.10. The minimum absolute atomic E-state index is 0.219. The number of piperidine rings is 1. The minimum atomic E-state index is -0.410. The van der Waals surface area contributed by atoms with Crippen molar-refractivity contribution in [3.63, 3.8) is 0 Å². The summed E-state index contributed by atoms with van der Waals surface area (Å²) in [5, 5.41) is 6.66. The molecule has 1 aliphatic rings. The number of hydrogen-bond acceptors (Lipinski definition) is 5. The van der Waals surface area contributed by atoms with Gasteiger partial charge < -0.3 is 4.74 Å². The molecule has 0 spiro atoms. The highest BCUT2D eigenvalue weighted by Crippen LogP contribution is 2.36. The Balaban J connectivity index is 1.72. The lowest BCUT2D eigenvalue weighted by atomic mass is 9.70. The van der Waals surface area contributed by atoms with E-state index in [2.05, 4.69) is 15.1 Å². The third-order valence-electron chi connectivity index (χ3n) is 5.21. The summed E-state index contributed by atoms with van der Waals surface area (Å²) in [6.07, 6.45) is 3.21. The van der Waals surface area contributed by atoms with Crippen LogP contribution in [0.15, 0.2) is 36.5 Å². The third kappa shape index (κ3) is 3.35. The van der Waals surface area contributed by atoms with Crippen molar-refractivity contribution < 1.29 is 14.3 Å². The highest BCUT2D eigenvalue weighted by atomic mass is 16.5. The Morgan fingerprint density at radius 3 is 2.52 bits per heavy atom. The van der Waals surface area contributed by atoms with Gasteiger partial charge in [-0.2, -0.15) is 5.10 Å². The second-order valence-electron chi connectivity index (χ2n) is 6.54. The van der Waals surface area contributed by atoms with Gasteiger partial charge in [-0.25, -0.2) is 4.79 Å². The number of carbonyl (C=O) groups is 2. The molecule has 2 heterocycles. The second kappa shape index (κ2) is 7.19. The number of benzene rings is 1. The number of esters is 1. The molecule has 0 bridgehead atoms. The highest BCUT2D eigenvalue weighted by molar-refractivity contribution is 5.89. The number of ether oxygens (including phenoxy) is 1. The number of aromatic nitrogens is 2. The Bertz CT molecular complexity index is 746. The summed E-state index contributed by atoms with van der Waals surface area (Å²) in [5.74, 6) is -0.191. The molecule has 0 unspecified atom stereocenters.